The van der Waals surface area contributed by atoms with Gasteiger partial charge in [-0.05, 0) is 50.1 Å². The molecule has 0 fully saturated rings. The zero-order valence-corrected chi connectivity index (χ0v) is 23.1. The fourth-order valence-electron chi connectivity index (χ4n) is 3.29. The van der Waals surface area contributed by atoms with Crippen molar-refractivity contribution in [3.05, 3.63) is 64.8 Å². The summed E-state index contributed by atoms with van der Waals surface area (Å²) in [6.07, 6.45) is 9.82. The highest BCUT2D eigenvalue weighted by Crippen LogP contribution is 2.23. The van der Waals surface area contributed by atoms with Crippen molar-refractivity contribution in [2.24, 2.45) is 0 Å². The van der Waals surface area contributed by atoms with Crippen molar-refractivity contribution in [1.82, 2.24) is 9.88 Å². The number of aryl methyl sites for hydroxylation is 1. The summed E-state index contributed by atoms with van der Waals surface area (Å²) in [5.74, 6) is 6.68. The van der Waals surface area contributed by atoms with Gasteiger partial charge in [-0.15, -0.1) is 0 Å². The molecule has 190 valence electrons. The number of hydrogen-bond acceptors (Lipinski definition) is 4. The number of amides is 1. The molecule has 6 heteroatoms. The van der Waals surface area contributed by atoms with Gasteiger partial charge in [0.2, 0.25) is 0 Å². The van der Waals surface area contributed by atoms with Gasteiger partial charge >= 0.3 is 0 Å². The Morgan fingerprint density at radius 1 is 1.17 bits per heavy atom. The van der Waals surface area contributed by atoms with Gasteiger partial charge in [-0.2, -0.15) is 0 Å². The molecule has 1 amide bonds. The molecule has 1 aromatic carbocycles. The Kier molecular flexibility index (Phi) is 14.3. The molecule has 2 rings (SSSR count). The van der Waals surface area contributed by atoms with Crippen LogP contribution in [0, 0.1) is 18.8 Å². The highest BCUT2D eigenvalue weighted by Gasteiger charge is 2.22. The van der Waals surface area contributed by atoms with Crippen LogP contribution < -0.4 is 10.2 Å². The minimum atomic E-state index is 0.0233. The third-order valence-corrected chi connectivity index (χ3v) is 5.61. The third kappa shape index (κ3) is 10.9. The molecule has 0 aliphatic rings. The maximum Gasteiger partial charge on any atom is 0.256 e. The van der Waals surface area contributed by atoms with Crippen molar-refractivity contribution in [3.8, 4) is 11.8 Å². The molecule has 1 heterocycles. The van der Waals surface area contributed by atoms with Gasteiger partial charge in [0.1, 0.15) is 5.82 Å². The third-order valence-electron chi connectivity index (χ3n) is 5.39. The summed E-state index contributed by atoms with van der Waals surface area (Å²) in [5.41, 5.74) is 2.72. The number of carbonyl (C=O) groups excluding carboxylic acids is 1. The van der Waals surface area contributed by atoms with Gasteiger partial charge in [0.05, 0.1) is 10.6 Å². The Labute approximate surface area is 217 Å². The summed E-state index contributed by atoms with van der Waals surface area (Å²) in [6.45, 7) is 8.92. The van der Waals surface area contributed by atoms with Crippen LogP contribution in [0.5, 0.6) is 0 Å². The van der Waals surface area contributed by atoms with E-state index in [4.69, 9.17) is 11.6 Å². The highest BCUT2D eigenvalue weighted by molar-refractivity contribution is 6.30. The number of hydrogen-bond donors (Lipinski definition) is 1. The maximum absolute atomic E-state index is 13.1. The number of halogens is 1. The van der Waals surface area contributed by atoms with Crippen molar-refractivity contribution in [1.29, 1.82) is 0 Å². The van der Waals surface area contributed by atoms with Crippen LogP contribution in [0.25, 0.3) is 0 Å². The molecular formula is C29H41ClN4O. The fraction of sp³-hybridized carbons (Fsp3) is 0.448. The molecule has 1 N–H and O–H groups in total. The number of pyridine rings is 1. The van der Waals surface area contributed by atoms with E-state index in [1.807, 2.05) is 68.2 Å². The standard InChI is InChI=1S/C20H27ClN4O.C9H14/c1-6-16(13-23-19-10-8-15(21)12-22-19)25(5)20(26)17-11-14(2)7-9-18(17)24(3)4;1-3-5-7-9-8-6-4-2/h7-12,16H,6,13H2,1-5H3,(H,22,23);7,9H,3-5H2,1-2H3/b;9-7-. The first-order valence-corrected chi connectivity index (χ1v) is 12.7. The quantitative estimate of drug-likeness (QED) is 0.386. The van der Waals surface area contributed by atoms with Crippen molar-refractivity contribution in [3.63, 3.8) is 0 Å². The number of benzene rings is 1. The van der Waals surface area contributed by atoms with E-state index < -0.39 is 0 Å². The van der Waals surface area contributed by atoms with Crippen LogP contribution in [0.1, 0.15) is 62.4 Å². The van der Waals surface area contributed by atoms with E-state index in [0.717, 1.165) is 41.9 Å². The number of nitrogens with zero attached hydrogens (tertiary/aromatic N) is 3. The number of aromatic nitrogens is 1. The molecule has 0 aliphatic heterocycles. The molecule has 0 radical (unpaired) electrons. The lowest BCUT2D eigenvalue weighted by atomic mass is 10.1. The van der Waals surface area contributed by atoms with Gasteiger partial charge in [-0.3, -0.25) is 4.79 Å². The number of rotatable bonds is 9. The smallest absolute Gasteiger partial charge is 0.256 e. The van der Waals surface area contributed by atoms with E-state index in [9.17, 15) is 4.79 Å². The predicted molar refractivity (Wildman–Crippen MR) is 152 cm³/mol. The topological polar surface area (TPSA) is 48.5 Å². The first-order chi connectivity index (χ1) is 16.7. The Morgan fingerprint density at radius 2 is 1.91 bits per heavy atom. The Morgan fingerprint density at radius 3 is 2.49 bits per heavy atom. The van der Waals surface area contributed by atoms with Crippen molar-refractivity contribution < 1.29 is 4.79 Å². The average Bonchev–Trinajstić information content (AvgIpc) is 2.85. The van der Waals surface area contributed by atoms with Crippen LogP contribution in [0.3, 0.4) is 0 Å². The maximum atomic E-state index is 13.1. The summed E-state index contributed by atoms with van der Waals surface area (Å²) in [6, 6.07) is 9.65. The van der Waals surface area contributed by atoms with Crippen LogP contribution in [0.4, 0.5) is 11.5 Å². The first kappa shape index (κ1) is 30.1. The Balaban J connectivity index is 0.000000579. The summed E-state index contributed by atoms with van der Waals surface area (Å²) < 4.78 is 0. The molecule has 1 unspecified atom stereocenters. The van der Waals surface area contributed by atoms with Crippen molar-refractivity contribution in [2.45, 2.75) is 59.4 Å². The number of anilines is 2. The average molecular weight is 497 g/mol. The summed E-state index contributed by atoms with van der Waals surface area (Å²) in [7, 11) is 5.76. The number of likely N-dealkylation sites (N-methyl/N-ethyl adjacent to an activating group) is 1. The lowest BCUT2D eigenvalue weighted by Gasteiger charge is -2.29. The molecule has 0 saturated carbocycles. The van der Waals surface area contributed by atoms with Gasteiger partial charge in [0.25, 0.3) is 5.91 Å². The summed E-state index contributed by atoms with van der Waals surface area (Å²) in [5, 5.41) is 3.89. The van der Waals surface area contributed by atoms with Crippen LogP contribution in [-0.4, -0.2) is 49.5 Å². The number of carbonyl (C=O) groups is 1. The minimum absolute atomic E-state index is 0.0233. The second kappa shape index (κ2) is 16.6. The van der Waals surface area contributed by atoms with Gasteiger partial charge < -0.3 is 15.1 Å². The SMILES string of the molecule is CCC#C/C=C\CCC.CCC(CNc1ccc(Cl)cn1)N(C)C(=O)c1cc(C)ccc1N(C)C. The first-order valence-electron chi connectivity index (χ1n) is 12.3. The molecule has 35 heavy (non-hydrogen) atoms. The van der Waals surface area contributed by atoms with Gasteiger partial charge in [0, 0.05) is 52.0 Å². The predicted octanol–water partition coefficient (Wildman–Crippen LogP) is 6.83. The summed E-state index contributed by atoms with van der Waals surface area (Å²) in [4.78, 5) is 21.1. The molecular weight excluding hydrogens is 456 g/mol. The van der Waals surface area contributed by atoms with Crippen molar-refractivity contribution >= 4 is 29.0 Å². The summed E-state index contributed by atoms with van der Waals surface area (Å²) >= 11 is 5.87. The van der Waals surface area contributed by atoms with E-state index >= 15 is 0 Å². The van der Waals surface area contributed by atoms with Crippen LogP contribution >= 0.6 is 11.6 Å². The molecule has 1 aromatic heterocycles. The fourth-order valence-corrected chi connectivity index (χ4v) is 3.41. The van der Waals surface area contributed by atoms with Gasteiger partial charge in [-0.1, -0.05) is 68.3 Å². The zero-order valence-electron chi connectivity index (χ0n) is 22.4. The molecule has 0 spiro atoms. The highest BCUT2D eigenvalue weighted by atomic mass is 35.5. The van der Waals surface area contributed by atoms with Crippen LogP contribution in [0.2, 0.25) is 5.02 Å². The minimum Gasteiger partial charge on any atom is -0.377 e. The second-order valence-electron chi connectivity index (χ2n) is 8.50. The van der Waals surface area contributed by atoms with E-state index in [2.05, 4.69) is 49.0 Å². The molecule has 1 atom stereocenters. The monoisotopic (exact) mass is 496 g/mol. The van der Waals surface area contributed by atoms with Gasteiger partial charge in [0.15, 0.2) is 0 Å². The largest absolute Gasteiger partial charge is 0.377 e. The molecule has 5 nitrogen and oxygen atoms in total. The van der Waals surface area contributed by atoms with Crippen LogP contribution in [-0.2, 0) is 0 Å². The number of allylic oxidation sites excluding steroid dienone is 2. The van der Waals surface area contributed by atoms with E-state index in [1.165, 1.54) is 6.42 Å². The van der Waals surface area contributed by atoms with E-state index in [-0.39, 0.29) is 11.9 Å². The van der Waals surface area contributed by atoms with Crippen LogP contribution in [0.15, 0.2) is 48.7 Å². The van der Waals surface area contributed by atoms with E-state index in [1.54, 1.807) is 12.3 Å². The molecule has 0 saturated heterocycles. The Hall–Kier alpha value is -2.97. The molecule has 0 aliphatic carbocycles. The zero-order chi connectivity index (χ0) is 26.2. The van der Waals surface area contributed by atoms with Gasteiger partial charge in [-0.25, -0.2) is 4.98 Å². The Bertz CT molecular complexity index is 990. The molecule has 0 bridgehead atoms. The molecule has 2 aromatic rings. The lowest BCUT2D eigenvalue weighted by molar-refractivity contribution is 0.0736. The number of nitrogens with one attached hydrogen (secondary N) is 1. The number of unbranched alkanes of at least 4 members (excludes halogenated alkanes) is 1. The second-order valence-corrected chi connectivity index (χ2v) is 8.94. The lowest BCUT2D eigenvalue weighted by Crippen LogP contribution is -2.41. The normalized spacial score (nSPS) is 11.1. The van der Waals surface area contributed by atoms with E-state index in [0.29, 0.717) is 11.6 Å². The van der Waals surface area contributed by atoms with Crippen molar-refractivity contribution in [2.75, 3.05) is 37.9 Å².